The lowest BCUT2D eigenvalue weighted by Crippen LogP contribution is -2.23. The zero-order valence-corrected chi connectivity index (χ0v) is 12.4. The zero-order chi connectivity index (χ0) is 13.3. The Morgan fingerprint density at radius 2 is 2.11 bits per heavy atom. The summed E-state index contributed by atoms with van der Waals surface area (Å²) in [5, 5.41) is 1.14. The topological polar surface area (TPSA) is 44.8 Å². The quantitative estimate of drug-likeness (QED) is 0.923. The number of hydrogen-bond donors (Lipinski definition) is 1. The van der Waals surface area contributed by atoms with Crippen LogP contribution in [-0.2, 0) is 6.54 Å². The van der Waals surface area contributed by atoms with E-state index >= 15 is 0 Å². The van der Waals surface area contributed by atoms with Crippen molar-refractivity contribution < 1.29 is 0 Å². The molecule has 0 unspecified atom stereocenters. The Labute approximate surface area is 112 Å². The summed E-state index contributed by atoms with van der Waals surface area (Å²) in [6.07, 6.45) is 1.75. The molecule has 0 amide bonds. The average molecular weight is 264 g/mol. The maximum absolute atomic E-state index is 4.63. The van der Waals surface area contributed by atoms with Crippen LogP contribution >= 0.6 is 11.3 Å². The number of aromatic amines is 1. The van der Waals surface area contributed by atoms with Crippen LogP contribution in [0.25, 0.3) is 0 Å². The predicted molar refractivity (Wildman–Crippen MR) is 74.8 cm³/mol. The number of aryl methyl sites for hydroxylation is 3. The highest BCUT2D eigenvalue weighted by molar-refractivity contribution is 7.11. The second kappa shape index (κ2) is 5.20. The summed E-state index contributed by atoms with van der Waals surface area (Å²) in [4.78, 5) is 15.7. The van der Waals surface area contributed by atoms with Crippen LogP contribution in [0, 0.1) is 20.8 Å². The van der Waals surface area contributed by atoms with Gasteiger partial charge in [0, 0.05) is 17.1 Å². The van der Waals surface area contributed by atoms with Crippen LogP contribution in [0.3, 0.4) is 0 Å². The van der Waals surface area contributed by atoms with Crippen LogP contribution < -0.4 is 0 Å². The van der Waals surface area contributed by atoms with Crippen molar-refractivity contribution in [2.75, 3.05) is 7.05 Å². The molecular formula is C13H20N4S. The van der Waals surface area contributed by atoms with Gasteiger partial charge in [0.25, 0.3) is 0 Å². The number of rotatable bonds is 4. The third-order valence-electron chi connectivity index (χ3n) is 3.33. The molecule has 0 bridgehead atoms. The summed E-state index contributed by atoms with van der Waals surface area (Å²) in [5.74, 6) is 0. The average Bonchev–Trinajstić information content (AvgIpc) is 2.85. The highest BCUT2D eigenvalue weighted by Crippen LogP contribution is 2.26. The Balaban J connectivity index is 2.12. The Morgan fingerprint density at radius 1 is 1.39 bits per heavy atom. The lowest BCUT2D eigenvalue weighted by molar-refractivity contribution is 0.245. The van der Waals surface area contributed by atoms with Crippen LogP contribution in [0.1, 0.15) is 39.9 Å². The molecule has 0 aromatic carbocycles. The van der Waals surface area contributed by atoms with Gasteiger partial charge in [-0.1, -0.05) is 0 Å². The first-order chi connectivity index (χ1) is 8.49. The molecule has 0 aliphatic carbocycles. The molecule has 2 aromatic heterocycles. The number of aromatic nitrogens is 3. The van der Waals surface area contributed by atoms with E-state index in [1.54, 1.807) is 17.7 Å². The number of nitrogens with one attached hydrogen (secondary N) is 1. The molecular weight excluding hydrogens is 244 g/mol. The number of hydrogen-bond acceptors (Lipinski definition) is 4. The zero-order valence-electron chi connectivity index (χ0n) is 11.6. The first kappa shape index (κ1) is 13.2. The van der Waals surface area contributed by atoms with E-state index in [0.29, 0.717) is 6.04 Å². The predicted octanol–water partition coefficient (Wildman–Crippen LogP) is 2.98. The minimum Gasteiger partial charge on any atom is -0.348 e. The summed E-state index contributed by atoms with van der Waals surface area (Å²) in [7, 11) is 2.12. The van der Waals surface area contributed by atoms with Crippen LogP contribution in [-0.4, -0.2) is 26.9 Å². The Bertz CT molecular complexity index is 529. The molecule has 0 aliphatic heterocycles. The smallest absolute Gasteiger partial charge is 0.0925 e. The van der Waals surface area contributed by atoms with E-state index in [1.807, 2.05) is 0 Å². The van der Waals surface area contributed by atoms with E-state index in [9.17, 15) is 0 Å². The summed E-state index contributed by atoms with van der Waals surface area (Å²) < 4.78 is 0. The summed E-state index contributed by atoms with van der Waals surface area (Å²) in [5.41, 5.74) is 3.43. The van der Waals surface area contributed by atoms with E-state index in [2.05, 4.69) is 54.6 Å². The number of H-pyrrole nitrogens is 1. The van der Waals surface area contributed by atoms with Crippen molar-refractivity contribution in [1.29, 1.82) is 0 Å². The number of nitrogens with zero attached hydrogens (tertiary/aromatic N) is 3. The molecule has 4 nitrogen and oxygen atoms in total. The fraction of sp³-hybridized carbons (Fsp3) is 0.538. The number of imidazole rings is 1. The van der Waals surface area contributed by atoms with Crippen molar-refractivity contribution in [2.45, 2.75) is 40.3 Å². The molecule has 0 aliphatic rings. The van der Waals surface area contributed by atoms with E-state index < -0.39 is 0 Å². The highest BCUT2D eigenvalue weighted by atomic mass is 32.1. The van der Waals surface area contributed by atoms with Crippen molar-refractivity contribution in [2.24, 2.45) is 0 Å². The molecule has 5 heteroatoms. The van der Waals surface area contributed by atoms with Gasteiger partial charge in [0.05, 0.1) is 28.8 Å². The Morgan fingerprint density at radius 3 is 2.61 bits per heavy atom. The molecule has 1 N–H and O–H groups in total. The van der Waals surface area contributed by atoms with Gasteiger partial charge in [-0.2, -0.15) is 0 Å². The van der Waals surface area contributed by atoms with Gasteiger partial charge in [-0.15, -0.1) is 11.3 Å². The normalized spacial score (nSPS) is 13.2. The summed E-state index contributed by atoms with van der Waals surface area (Å²) >= 11 is 1.77. The van der Waals surface area contributed by atoms with Gasteiger partial charge in [-0.25, -0.2) is 9.97 Å². The van der Waals surface area contributed by atoms with Gasteiger partial charge < -0.3 is 4.98 Å². The number of thiazole rings is 1. The van der Waals surface area contributed by atoms with Crippen molar-refractivity contribution in [3.05, 3.63) is 33.3 Å². The molecule has 2 heterocycles. The van der Waals surface area contributed by atoms with Gasteiger partial charge in [0.2, 0.25) is 0 Å². The maximum atomic E-state index is 4.63. The molecule has 2 rings (SSSR count). The van der Waals surface area contributed by atoms with Gasteiger partial charge in [-0.3, -0.25) is 4.90 Å². The molecule has 0 fully saturated rings. The van der Waals surface area contributed by atoms with Crippen molar-refractivity contribution in [1.82, 2.24) is 19.9 Å². The van der Waals surface area contributed by atoms with E-state index in [-0.39, 0.29) is 0 Å². The van der Waals surface area contributed by atoms with Gasteiger partial charge in [-0.05, 0) is 34.7 Å². The van der Waals surface area contributed by atoms with Gasteiger partial charge in [0.15, 0.2) is 0 Å². The first-order valence-corrected chi connectivity index (χ1v) is 6.93. The standard InChI is InChI=1S/C13H20N4S/c1-8-12(15-7-14-8)6-17(5)9(2)13-10(3)18-11(4)16-13/h7,9H,6H2,1-5H3,(H,14,15)/t9-/m1/s1. The molecule has 0 saturated carbocycles. The molecule has 0 radical (unpaired) electrons. The second-order valence-corrected chi connectivity index (χ2v) is 6.15. The summed E-state index contributed by atoms with van der Waals surface area (Å²) in [6.45, 7) is 9.30. The first-order valence-electron chi connectivity index (χ1n) is 6.12. The fourth-order valence-corrected chi connectivity index (χ4v) is 2.97. The van der Waals surface area contributed by atoms with Crippen LogP contribution in [0.2, 0.25) is 0 Å². The van der Waals surface area contributed by atoms with Crippen molar-refractivity contribution in [3.63, 3.8) is 0 Å². The van der Waals surface area contributed by atoms with E-state index in [0.717, 1.165) is 22.9 Å². The molecule has 0 saturated heterocycles. The second-order valence-electron chi connectivity index (χ2n) is 4.74. The molecule has 18 heavy (non-hydrogen) atoms. The minimum absolute atomic E-state index is 0.311. The molecule has 1 atom stereocenters. The molecule has 2 aromatic rings. The monoisotopic (exact) mass is 264 g/mol. The maximum Gasteiger partial charge on any atom is 0.0925 e. The van der Waals surface area contributed by atoms with Crippen LogP contribution in [0.15, 0.2) is 6.33 Å². The third kappa shape index (κ3) is 2.62. The third-order valence-corrected chi connectivity index (χ3v) is 4.23. The Kier molecular flexibility index (Phi) is 3.82. The minimum atomic E-state index is 0.311. The Hall–Kier alpha value is -1.20. The highest BCUT2D eigenvalue weighted by Gasteiger charge is 2.18. The van der Waals surface area contributed by atoms with Crippen LogP contribution in [0.4, 0.5) is 0 Å². The lowest BCUT2D eigenvalue weighted by Gasteiger charge is -2.23. The summed E-state index contributed by atoms with van der Waals surface area (Å²) in [6, 6.07) is 0.311. The largest absolute Gasteiger partial charge is 0.348 e. The van der Waals surface area contributed by atoms with E-state index in [4.69, 9.17) is 0 Å². The SMILES string of the molecule is Cc1nc([C@@H](C)N(C)Cc2nc[nH]c2C)c(C)s1. The van der Waals surface area contributed by atoms with Crippen molar-refractivity contribution >= 4 is 11.3 Å². The van der Waals surface area contributed by atoms with Crippen molar-refractivity contribution in [3.8, 4) is 0 Å². The molecule has 98 valence electrons. The van der Waals surface area contributed by atoms with Gasteiger partial charge in [0.1, 0.15) is 0 Å². The fourth-order valence-electron chi connectivity index (χ4n) is 2.06. The van der Waals surface area contributed by atoms with E-state index in [1.165, 1.54) is 10.6 Å². The van der Waals surface area contributed by atoms with Gasteiger partial charge >= 0.3 is 0 Å². The lowest BCUT2D eigenvalue weighted by atomic mass is 10.2. The van der Waals surface area contributed by atoms with Crippen LogP contribution in [0.5, 0.6) is 0 Å². The molecule has 0 spiro atoms.